The van der Waals surface area contributed by atoms with Crippen LogP contribution in [-0.4, -0.2) is 23.0 Å². The number of nitrogens with two attached hydrogens (primary N) is 1. The lowest BCUT2D eigenvalue weighted by molar-refractivity contribution is -0.141. The van der Waals surface area contributed by atoms with Gasteiger partial charge >= 0.3 is 5.97 Å². The Kier molecular flexibility index (Phi) is 3.58. The molecular weight excluding hydrogens is 210 g/mol. The monoisotopic (exact) mass is 219 g/mol. The van der Waals surface area contributed by atoms with E-state index in [1.54, 1.807) is 12.1 Å². The van der Waals surface area contributed by atoms with Gasteiger partial charge in [-0.25, -0.2) is 4.79 Å². The van der Waals surface area contributed by atoms with Crippen molar-refractivity contribution in [3.05, 3.63) is 29.8 Å². The maximum absolute atomic E-state index is 11.3. The fourth-order valence-electron chi connectivity index (χ4n) is 0.999. The second-order valence-corrected chi connectivity index (χ2v) is 3.00. The number of benzene rings is 1. The second kappa shape index (κ2) is 4.91. The van der Waals surface area contributed by atoms with Gasteiger partial charge in [0.05, 0.1) is 11.6 Å². The summed E-state index contributed by atoms with van der Waals surface area (Å²) >= 11 is 0. The minimum Gasteiger partial charge on any atom is -0.480 e. The Morgan fingerprint density at radius 1 is 1.50 bits per heavy atom. The van der Waals surface area contributed by atoms with Crippen LogP contribution in [0.1, 0.15) is 5.56 Å². The number of carbonyl (C=O) groups is 2. The van der Waals surface area contributed by atoms with Crippen LogP contribution in [0, 0.1) is 11.3 Å². The largest absolute Gasteiger partial charge is 0.480 e. The lowest BCUT2D eigenvalue weighted by Crippen LogP contribution is -2.42. The lowest BCUT2D eigenvalue weighted by Gasteiger charge is -2.08. The Morgan fingerprint density at radius 2 is 2.19 bits per heavy atom. The summed E-state index contributed by atoms with van der Waals surface area (Å²) in [5.74, 6) is -2.24. The third-order valence-electron chi connectivity index (χ3n) is 1.81. The average Bonchev–Trinajstić information content (AvgIpc) is 2.28. The van der Waals surface area contributed by atoms with Crippen LogP contribution in [0.4, 0.5) is 5.69 Å². The molecule has 6 nitrogen and oxygen atoms in total. The quantitative estimate of drug-likeness (QED) is 0.614. The second-order valence-electron chi connectivity index (χ2n) is 3.00. The molecule has 0 aliphatic carbocycles. The van der Waals surface area contributed by atoms with Crippen molar-refractivity contribution >= 4 is 17.6 Å². The highest BCUT2D eigenvalue weighted by Gasteiger charge is 2.20. The summed E-state index contributed by atoms with van der Waals surface area (Å²) in [6.45, 7) is 0. The van der Waals surface area contributed by atoms with Crippen LogP contribution in [-0.2, 0) is 9.59 Å². The zero-order chi connectivity index (χ0) is 12.1. The van der Waals surface area contributed by atoms with Crippen molar-refractivity contribution in [2.75, 3.05) is 5.32 Å². The number of nitriles is 1. The third kappa shape index (κ3) is 2.80. The summed E-state index contributed by atoms with van der Waals surface area (Å²) < 4.78 is 0. The molecule has 0 saturated carbocycles. The van der Waals surface area contributed by atoms with E-state index in [9.17, 15) is 9.59 Å². The predicted molar refractivity (Wildman–Crippen MR) is 55.4 cm³/mol. The van der Waals surface area contributed by atoms with Gasteiger partial charge in [-0.2, -0.15) is 5.26 Å². The van der Waals surface area contributed by atoms with Gasteiger partial charge in [0, 0.05) is 5.69 Å². The van der Waals surface area contributed by atoms with Gasteiger partial charge in [0.1, 0.15) is 0 Å². The molecule has 4 N–H and O–H groups in total. The molecule has 16 heavy (non-hydrogen) atoms. The molecule has 0 radical (unpaired) electrons. The molecule has 0 heterocycles. The topological polar surface area (TPSA) is 116 Å². The Bertz CT molecular complexity index is 465. The van der Waals surface area contributed by atoms with E-state index in [4.69, 9.17) is 16.1 Å². The van der Waals surface area contributed by atoms with Crippen LogP contribution in [0.5, 0.6) is 0 Å². The first-order chi connectivity index (χ1) is 7.54. The molecule has 0 fully saturated rings. The maximum atomic E-state index is 11.3. The number of hydrogen-bond acceptors (Lipinski definition) is 4. The third-order valence-corrected chi connectivity index (χ3v) is 1.81. The van der Waals surface area contributed by atoms with Crippen molar-refractivity contribution in [2.45, 2.75) is 6.04 Å². The van der Waals surface area contributed by atoms with Gasteiger partial charge in [-0.1, -0.05) is 6.07 Å². The van der Waals surface area contributed by atoms with Gasteiger partial charge in [-0.15, -0.1) is 0 Å². The highest BCUT2D eigenvalue weighted by atomic mass is 16.4. The predicted octanol–water partition coefficient (Wildman–Crippen LogP) is -0.0913. The summed E-state index contributed by atoms with van der Waals surface area (Å²) in [6, 6.07) is 6.36. The first-order valence-corrected chi connectivity index (χ1v) is 4.34. The van der Waals surface area contributed by atoms with Gasteiger partial charge in [0.15, 0.2) is 6.04 Å². The van der Waals surface area contributed by atoms with Crippen LogP contribution in [0.2, 0.25) is 0 Å². The number of aliphatic carboxylic acids is 1. The van der Waals surface area contributed by atoms with Gasteiger partial charge in [0.2, 0.25) is 0 Å². The number of carbonyl (C=O) groups excluding carboxylic acids is 1. The summed E-state index contributed by atoms with van der Waals surface area (Å²) in [5.41, 5.74) is 5.80. The standard InChI is InChI=1S/C10H9N3O3/c11-5-6-2-1-3-7(4-6)13-9(14)8(12)10(15)16/h1-4,8H,12H2,(H,13,14)(H,15,16). The molecule has 1 unspecified atom stereocenters. The molecule has 0 spiro atoms. The lowest BCUT2D eigenvalue weighted by atomic mass is 10.2. The van der Waals surface area contributed by atoms with Gasteiger partial charge in [-0.05, 0) is 18.2 Å². The fourth-order valence-corrected chi connectivity index (χ4v) is 0.999. The highest BCUT2D eigenvalue weighted by molar-refractivity contribution is 6.07. The molecule has 1 atom stereocenters. The smallest absolute Gasteiger partial charge is 0.330 e. The number of carboxylic acid groups (broad SMARTS) is 1. The molecule has 82 valence electrons. The number of carboxylic acids is 1. The summed E-state index contributed by atoms with van der Waals surface area (Å²) in [6.07, 6.45) is 0. The summed E-state index contributed by atoms with van der Waals surface area (Å²) in [5, 5.41) is 19.4. The van der Waals surface area contributed by atoms with Crippen molar-refractivity contribution in [3.8, 4) is 6.07 Å². The normalized spacial score (nSPS) is 11.2. The number of anilines is 1. The number of nitrogens with zero attached hydrogens (tertiary/aromatic N) is 1. The van der Waals surface area contributed by atoms with Crippen LogP contribution < -0.4 is 11.1 Å². The van der Waals surface area contributed by atoms with Crippen molar-refractivity contribution in [3.63, 3.8) is 0 Å². The Labute approximate surface area is 91.3 Å². The summed E-state index contributed by atoms with van der Waals surface area (Å²) in [7, 11) is 0. The van der Waals surface area contributed by atoms with Crippen LogP contribution in [0.3, 0.4) is 0 Å². The first-order valence-electron chi connectivity index (χ1n) is 4.34. The SMILES string of the molecule is N#Cc1cccc(NC(=O)C(N)C(=O)O)c1. The zero-order valence-electron chi connectivity index (χ0n) is 8.18. The molecule has 0 saturated heterocycles. The van der Waals surface area contributed by atoms with Crippen molar-refractivity contribution in [2.24, 2.45) is 5.73 Å². The maximum Gasteiger partial charge on any atom is 0.330 e. The molecule has 1 aromatic rings. The van der Waals surface area contributed by atoms with Gasteiger partial charge < -0.3 is 16.2 Å². The van der Waals surface area contributed by atoms with E-state index in [1.807, 2.05) is 6.07 Å². The summed E-state index contributed by atoms with van der Waals surface area (Å²) in [4.78, 5) is 21.7. The Morgan fingerprint density at radius 3 is 2.75 bits per heavy atom. The number of rotatable bonds is 3. The molecular formula is C10H9N3O3. The van der Waals surface area contributed by atoms with Crippen molar-refractivity contribution in [1.29, 1.82) is 5.26 Å². The van der Waals surface area contributed by atoms with Crippen LogP contribution in [0.25, 0.3) is 0 Å². The molecule has 1 aromatic carbocycles. The van der Waals surface area contributed by atoms with Crippen LogP contribution in [0.15, 0.2) is 24.3 Å². The highest BCUT2D eigenvalue weighted by Crippen LogP contribution is 2.09. The van der Waals surface area contributed by atoms with E-state index >= 15 is 0 Å². The van der Waals surface area contributed by atoms with E-state index in [-0.39, 0.29) is 0 Å². The van der Waals surface area contributed by atoms with E-state index in [1.165, 1.54) is 12.1 Å². The average molecular weight is 219 g/mol. The van der Waals surface area contributed by atoms with E-state index in [2.05, 4.69) is 5.32 Å². The number of hydrogen-bond donors (Lipinski definition) is 3. The van der Waals surface area contributed by atoms with E-state index < -0.39 is 17.9 Å². The van der Waals surface area contributed by atoms with Crippen LogP contribution >= 0.6 is 0 Å². The van der Waals surface area contributed by atoms with Gasteiger partial charge in [-0.3, -0.25) is 4.79 Å². The Hall–Kier alpha value is -2.39. The van der Waals surface area contributed by atoms with Crippen molar-refractivity contribution in [1.82, 2.24) is 0 Å². The number of amides is 1. The van der Waals surface area contributed by atoms with E-state index in [0.717, 1.165) is 0 Å². The van der Waals surface area contributed by atoms with E-state index in [0.29, 0.717) is 11.3 Å². The molecule has 0 aliphatic rings. The number of nitrogens with one attached hydrogen (secondary N) is 1. The molecule has 1 amide bonds. The van der Waals surface area contributed by atoms with Crippen molar-refractivity contribution < 1.29 is 14.7 Å². The Balaban J connectivity index is 2.78. The van der Waals surface area contributed by atoms with Gasteiger partial charge in [0.25, 0.3) is 5.91 Å². The first kappa shape index (κ1) is 11.7. The molecule has 0 aromatic heterocycles. The minimum absolute atomic E-state index is 0.334. The molecule has 6 heteroatoms. The zero-order valence-corrected chi connectivity index (χ0v) is 8.18. The fraction of sp³-hybridized carbons (Fsp3) is 0.100. The molecule has 1 rings (SSSR count). The molecule has 0 bridgehead atoms. The molecule has 0 aliphatic heterocycles. The minimum atomic E-state index is -1.62.